The Morgan fingerprint density at radius 1 is 1.07 bits per heavy atom. The van der Waals surface area contributed by atoms with Gasteiger partial charge in [-0.2, -0.15) is 0 Å². The molecule has 5 rings (SSSR count). The zero-order valence-electron chi connectivity index (χ0n) is 15.4. The number of benzene rings is 1. The molecule has 3 aliphatic rings. The predicted octanol–water partition coefficient (Wildman–Crippen LogP) is 1.90. The van der Waals surface area contributed by atoms with E-state index in [0.29, 0.717) is 44.1 Å². The van der Waals surface area contributed by atoms with Crippen molar-refractivity contribution in [3.63, 3.8) is 0 Å². The Balaban J connectivity index is 1.32. The summed E-state index contributed by atoms with van der Waals surface area (Å²) in [5.41, 5.74) is -0.320. The van der Waals surface area contributed by atoms with Crippen molar-refractivity contribution in [3.8, 4) is 0 Å². The van der Waals surface area contributed by atoms with Crippen LogP contribution in [0.15, 0.2) is 42.6 Å². The minimum Gasteiger partial charge on any atom is -0.437 e. The second kappa shape index (κ2) is 6.40. The Morgan fingerprint density at radius 2 is 1.79 bits per heavy atom. The van der Waals surface area contributed by atoms with Crippen molar-refractivity contribution in [1.29, 1.82) is 0 Å². The van der Waals surface area contributed by atoms with E-state index in [1.807, 2.05) is 4.90 Å². The number of aromatic nitrogens is 1. The first kappa shape index (κ1) is 17.8. The molecule has 3 saturated heterocycles. The van der Waals surface area contributed by atoms with E-state index in [1.165, 1.54) is 30.3 Å². The summed E-state index contributed by atoms with van der Waals surface area (Å²) in [6.07, 6.45) is 0.771. The SMILES string of the molecule is O=C(c1ccc(F)cc1)N1CCN2C(=O)OC3(CN(c4ccc(F)cn4)C3)C2C1. The fraction of sp³-hybridized carbons (Fsp3) is 0.350. The van der Waals surface area contributed by atoms with E-state index in [4.69, 9.17) is 4.74 Å². The van der Waals surface area contributed by atoms with E-state index in [-0.39, 0.29) is 18.0 Å². The van der Waals surface area contributed by atoms with E-state index < -0.39 is 17.2 Å². The molecule has 0 bridgehead atoms. The molecule has 2 aromatic rings. The zero-order chi connectivity index (χ0) is 20.2. The first-order valence-corrected chi connectivity index (χ1v) is 9.36. The highest BCUT2D eigenvalue weighted by Gasteiger charge is 2.62. The van der Waals surface area contributed by atoms with E-state index in [9.17, 15) is 18.4 Å². The Hall–Kier alpha value is -3.23. The lowest BCUT2D eigenvalue weighted by Gasteiger charge is -2.51. The first-order chi connectivity index (χ1) is 13.9. The molecule has 0 saturated carbocycles. The molecule has 150 valence electrons. The quantitative estimate of drug-likeness (QED) is 0.771. The summed E-state index contributed by atoms with van der Waals surface area (Å²) in [7, 11) is 0. The summed E-state index contributed by atoms with van der Waals surface area (Å²) in [6.45, 7) is 1.97. The lowest BCUT2D eigenvalue weighted by molar-refractivity contribution is -0.00669. The number of ether oxygens (including phenoxy) is 1. The number of piperazine rings is 1. The Morgan fingerprint density at radius 3 is 2.48 bits per heavy atom. The standard InChI is InChI=1S/C20H18F2N4O3/c21-14-3-1-13(2-4-14)18(27)24-7-8-26-16(10-24)20(29-19(26)28)11-25(12-20)17-6-5-15(22)9-23-17/h1-6,9,16H,7-8,10-12H2. The normalized spacial score (nSPS) is 22.3. The number of hydrogen-bond acceptors (Lipinski definition) is 5. The number of nitrogens with zero attached hydrogens (tertiary/aromatic N) is 4. The second-order valence-electron chi connectivity index (χ2n) is 7.59. The van der Waals surface area contributed by atoms with Crippen molar-refractivity contribution < 1.29 is 23.1 Å². The van der Waals surface area contributed by atoms with Crippen LogP contribution in [0.1, 0.15) is 10.4 Å². The average molecular weight is 400 g/mol. The molecule has 1 atom stereocenters. The van der Waals surface area contributed by atoms with Gasteiger partial charge in [0.2, 0.25) is 0 Å². The van der Waals surface area contributed by atoms with Crippen LogP contribution in [-0.2, 0) is 4.74 Å². The molecule has 1 aromatic carbocycles. The minimum absolute atomic E-state index is 0.199. The molecule has 2 amide bonds. The number of pyridine rings is 1. The molecular formula is C20H18F2N4O3. The molecule has 3 aliphatic heterocycles. The third kappa shape index (κ3) is 2.88. The number of hydrogen-bond donors (Lipinski definition) is 0. The lowest BCUT2D eigenvalue weighted by atomic mass is 9.84. The van der Waals surface area contributed by atoms with Gasteiger partial charge in [0.05, 0.1) is 25.3 Å². The van der Waals surface area contributed by atoms with E-state index in [0.717, 1.165) is 6.20 Å². The summed E-state index contributed by atoms with van der Waals surface area (Å²) in [5, 5.41) is 0. The molecule has 1 spiro atoms. The van der Waals surface area contributed by atoms with Gasteiger partial charge in [0, 0.05) is 25.2 Å². The van der Waals surface area contributed by atoms with Gasteiger partial charge in [0.15, 0.2) is 5.60 Å². The number of fused-ring (bicyclic) bond motifs is 2. The molecule has 7 nitrogen and oxygen atoms in total. The molecule has 29 heavy (non-hydrogen) atoms. The average Bonchev–Trinajstić information content (AvgIpc) is 3.00. The Labute approximate surface area is 165 Å². The third-order valence-corrected chi connectivity index (χ3v) is 5.84. The van der Waals surface area contributed by atoms with E-state index in [2.05, 4.69) is 4.98 Å². The molecule has 0 radical (unpaired) electrons. The maximum Gasteiger partial charge on any atom is 0.411 e. The molecule has 4 heterocycles. The molecular weight excluding hydrogens is 382 g/mol. The van der Waals surface area contributed by atoms with Crippen molar-refractivity contribution in [2.45, 2.75) is 11.6 Å². The highest BCUT2D eigenvalue weighted by molar-refractivity contribution is 5.94. The Bertz CT molecular complexity index is 961. The molecule has 0 aliphatic carbocycles. The molecule has 1 aromatic heterocycles. The van der Waals surface area contributed by atoms with Crippen molar-refractivity contribution in [3.05, 3.63) is 59.8 Å². The van der Waals surface area contributed by atoms with Gasteiger partial charge in [0.25, 0.3) is 5.91 Å². The number of carbonyl (C=O) groups is 2. The summed E-state index contributed by atoms with van der Waals surface area (Å²) in [6, 6.07) is 8.08. The minimum atomic E-state index is -0.727. The maximum absolute atomic E-state index is 13.1. The first-order valence-electron chi connectivity index (χ1n) is 9.36. The van der Waals surface area contributed by atoms with Gasteiger partial charge in [-0.3, -0.25) is 9.69 Å². The maximum atomic E-state index is 13.1. The zero-order valence-corrected chi connectivity index (χ0v) is 15.4. The largest absolute Gasteiger partial charge is 0.437 e. The molecule has 1 unspecified atom stereocenters. The van der Waals surface area contributed by atoms with Crippen molar-refractivity contribution in [1.82, 2.24) is 14.8 Å². The topological polar surface area (TPSA) is 66.0 Å². The molecule has 3 fully saturated rings. The lowest BCUT2D eigenvalue weighted by Crippen LogP contribution is -2.71. The van der Waals surface area contributed by atoms with Gasteiger partial charge < -0.3 is 14.5 Å². The van der Waals surface area contributed by atoms with Crippen LogP contribution in [0.4, 0.5) is 19.4 Å². The second-order valence-corrected chi connectivity index (χ2v) is 7.59. The number of halogens is 2. The van der Waals surface area contributed by atoms with Crippen LogP contribution < -0.4 is 4.90 Å². The summed E-state index contributed by atoms with van der Waals surface area (Å²) in [5.74, 6) is -0.397. The van der Waals surface area contributed by atoms with Crippen LogP contribution in [0, 0.1) is 11.6 Å². The van der Waals surface area contributed by atoms with Gasteiger partial charge in [-0.1, -0.05) is 0 Å². The van der Waals surface area contributed by atoms with Gasteiger partial charge in [-0.15, -0.1) is 0 Å². The van der Waals surface area contributed by atoms with Crippen LogP contribution in [-0.4, -0.2) is 71.2 Å². The smallest absolute Gasteiger partial charge is 0.411 e. The number of anilines is 1. The van der Waals surface area contributed by atoms with Crippen LogP contribution >= 0.6 is 0 Å². The molecule has 0 N–H and O–H groups in total. The summed E-state index contributed by atoms with van der Waals surface area (Å²) in [4.78, 5) is 34.5. The fourth-order valence-electron chi connectivity index (χ4n) is 4.30. The van der Waals surface area contributed by atoms with Crippen molar-refractivity contribution in [2.24, 2.45) is 0 Å². The van der Waals surface area contributed by atoms with Gasteiger partial charge in [-0.25, -0.2) is 18.6 Å². The summed E-state index contributed by atoms with van der Waals surface area (Å²) < 4.78 is 32.0. The number of amides is 2. The molecule has 9 heteroatoms. The highest BCUT2D eigenvalue weighted by Crippen LogP contribution is 2.41. The summed E-state index contributed by atoms with van der Waals surface area (Å²) >= 11 is 0. The van der Waals surface area contributed by atoms with Crippen LogP contribution in [0.25, 0.3) is 0 Å². The van der Waals surface area contributed by atoms with Crippen molar-refractivity contribution in [2.75, 3.05) is 37.6 Å². The predicted molar refractivity (Wildman–Crippen MR) is 98.4 cm³/mol. The van der Waals surface area contributed by atoms with Crippen molar-refractivity contribution >= 4 is 17.8 Å². The van der Waals surface area contributed by atoms with Gasteiger partial charge >= 0.3 is 6.09 Å². The van der Waals surface area contributed by atoms with E-state index >= 15 is 0 Å². The van der Waals surface area contributed by atoms with E-state index in [1.54, 1.807) is 15.9 Å². The van der Waals surface area contributed by atoms with Gasteiger partial charge in [0.1, 0.15) is 17.5 Å². The monoisotopic (exact) mass is 400 g/mol. The van der Waals surface area contributed by atoms with Crippen LogP contribution in [0.2, 0.25) is 0 Å². The Kier molecular flexibility index (Phi) is 3.94. The number of carbonyl (C=O) groups excluding carboxylic acids is 2. The van der Waals surface area contributed by atoms with Crippen LogP contribution in [0.3, 0.4) is 0 Å². The van der Waals surface area contributed by atoms with Crippen LogP contribution in [0.5, 0.6) is 0 Å². The number of rotatable bonds is 2. The van der Waals surface area contributed by atoms with Gasteiger partial charge in [-0.05, 0) is 36.4 Å². The highest BCUT2D eigenvalue weighted by atomic mass is 19.1. The fourth-order valence-corrected chi connectivity index (χ4v) is 4.30. The third-order valence-electron chi connectivity index (χ3n) is 5.84.